The molecule has 1 heterocycles. The number of furan rings is 1. The van der Waals surface area contributed by atoms with E-state index in [0.717, 1.165) is 17.7 Å². The minimum atomic E-state index is -0.342. The van der Waals surface area contributed by atoms with Crippen molar-refractivity contribution in [3.63, 3.8) is 0 Å². The van der Waals surface area contributed by atoms with E-state index in [1.54, 1.807) is 24.3 Å². The number of halogens is 1. The topological polar surface area (TPSA) is 54.3 Å². The molecule has 5 rings (SSSR count). The van der Waals surface area contributed by atoms with Gasteiger partial charge in [-0.3, -0.25) is 10.1 Å². The molecule has 1 aliphatic carbocycles. The van der Waals surface area contributed by atoms with E-state index in [4.69, 9.17) is 28.2 Å². The van der Waals surface area contributed by atoms with Gasteiger partial charge in [-0.25, -0.2) is 0 Å². The fourth-order valence-electron chi connectivity index (χ4n) is 3.91. The van der Waals surface area contributed by atoms with E-state index in [9.17, 15) is 4.79 Å². The average molecular weight is 471 g/mol. The molecule has 0 fully saturated rings. The number of thiocarbonyl (C=S) groups is 1. The van der Waals surface area contributed by atoms with E-state index in [-0.39, 0.29) is 11.0 Å². The molecule has 6 heteroatoms. The van der Waals surface area contributed by atoms with Gasteiger partial charge in [0, 0.05) is 22.3 Å². The number of hydrogen-bond donors (Lipinski definition) is 2. The van der Waals surface area contributed by atoms with Crippen molar-refractivity contribution < 1.29 is 9.21 Å². The number of benzene rings is 3. The van der Waals surface area contributed by atoms with E-state index in [2.05, 4.69) is 47.0 Å². The van der Waals surface area contributed by atoms with Crippen LogP contribution in [0.15, 0.2) is 89.4 Å². The van der Waals surface area contributed by atoms with E-state index < -0.39 is 0 Å². The molecule has 0 radical (unpaired) electrons. The molecule has 4 aromatic rings. The summed E-state index contributed by atoms with van der Waals surface area (Å²) < 4.78 is 5.77. The summed E-state index contributed by atoms with van der Waals surface area (Å²) in [6.07, 6.45) is 3.88. The molecule has 0 spiro atoms. The zero-order valence-electron chi connectivity index (χ0n) is 17.5. The van der Waals surface area contributed by atoms with E-state index in [1.807, 2.05) is 24.3 Å². The van der Waals surface area contributed by atoms with E-state index in [1.165, 1.54) is 28.3 Å². The molecule has 0 saturated heterocycles. The Labute approximate surface area is 201 Å². The highest BCUT2D eigenvalue weighted by atomic mass is 35.5. The van der Waals surface area contributed by atoms with Gasteiger partial charge in [-0.05, 0) is 95.5 Å². The van der Waals surface area contributed by atoms with Crippen LogP contribution < -0.4 is 10.6 Å². The van der Waals surface area contributed by atoms with Crippen molar-refractivity contribution in [2.45, 2.75) is 6.42 Å². The molecule has 4 nitrogen and oxygen atoms in total. The Morgan fingerprint density at radius 2 is 1.73 bits per heavy atom. The largest absolute Gasteiger partial charge is 0.457 e. The highest BCUT2D eigenvalue weighted by Crippen LogP contribution is 2.37. The predicted octanol–water partition coefficient (Wildman–Crippen LogP) is 6.70. The third-order valence-electron chi connectivity index (χ3n) is 5.44. The van der Waals surface area contributed by atoms with E-state index in [0.29, 0.717) is 16.5 Å². The summed E-state index contributed by atoms with van der Waals surface area (Å²) in [6, 6.07) is 25.5. The van der Waals surface area contributed by atoms with Crippen LogP contribution in [0.3, 0.4) is 0 Å². The maximum absolute atomic E-state index is 12.3. The summed E-state index contributed by atoms with van der Waals surface area (Å²) in [5, 5.41) is 6.66. The van der Waals surface area contributed by atoms with Gasteiger partial charge in [0.1, 0.15) is 11.5 Å². The molecule has 1 aliphatic rings. The third-order valence-corrected chi connectivity index (χ3v) is 5.90. The smallest absolute Gasteiger partial charge is 0.250 e. The molecule has 33 heavy (non-hydrogen) atoms. The SMILES string of the molecule is O=C(C=Cc1ccc(-c2ccc(Cl)cc2)o1)NC(=S)Nc1ccc2c(c1)Cc1ccccc1-2. The average Bonchev–Trinajstić information content (AvgIpc) is 3.42. The molecule has 0 unspecified atom stereocenters. The zero-order valence-corrected chi connectivity index (χ0v) is 19.0. The van der Waals surface area contributed by atoms with Gasteiger partial charge in [-0.15, -0.1) is 0 Å². The highest BCUT2D eigenvalue weighted by molar-refractivity contribution is 7.80. The third kappa shape index (κ3) is 4.75. The first-order chi connectivity index (χ1) is 16.0. The zero-order chi connectivity index (χ0) is 22.8. The van der Waals surface area contributed by atoms with E-state index >= 15 is 0 Å². The van der Waals surface area contributed by atoms with Crippen LogP contribution in [0.4, 0.5) is 5.69 Å². The Balaban J connectivity index is 1.18. The summed E-state index contributed by atoms with van der Waals surface area (Å²) in [4.78, 5) is 12.3. The molecule has 162 valence electrons. The van der Waals surface area contributed by atoms with Crippen molar-refractivity contribution in [1.29, 1.82) is 0 Å². The number of fused-ring (bicyclic) bond motifs is 3. The minimum Gasteiger partial charge on any atom is -0.457 e. The first-order valence-electron chi connectivity index (χ1n) is 10.4. The lowest BCUT2D eigenvalue weighted by Gasteiger charge is -2.10. The van der Waals surface area contributed by atoms with Crippen LogP contribution in [0.1, 0.15) is 16.9 Å². The molecule has 1 aromatic heterocycles. The molecule has 3 aromatic carbocycles. The van der Waals surface area contributed by atoms with Crippen molar-refractivity contribution >= 4 is 46.6 Å². The summed E-state index contributed by atoms with van der Waals surface area (Å²) in [5.74, 6) is 0.917. The van der Waals surface area contributed by atoms with Crippen molar-refractivity contribution in [1.82, 2.24) is 5.32 Å². The fraction of sp³-hybridized carbons (Fsp3) is 0.0370. The van der Waals surface area contributed by atoms with Crippen LogP contribution >= 0.6 is 23.8 Å². The van der Waals surface area contributed by atoms with Crippen molar-refractivity contribution in [3.8, 4) is 22.5 Å². The number of carbonyl (C=O) groups is 1. The molecule has 0 bridgehead atoms. The Kier molecular flexibility index (Phi) is 5.82. The highest BCUT2D eigenvalue weighted by Gasteiger charge is 2.18. The van der Waals surface area contributed by atoms with Crippen LogP contribution in [0.5, 0.6) is 0 Å². The first-order valence-corrected chi connectivity index (χ1v) is 11.2. The first kappa shape index (κ1) is 21.2. The van der Waals surface area contributed by atoms with Gasteiger partial charge in [0.15, 0.2) is 5.11 Å². The second-order valence-electron chi connectivity index (χ2n) is 7.69. The number of anilines is 1. The Hall–Kier alpha value is -3.67. The monoisotopic (exact) mass is 470 g/mol. The van der Waals surface area contributed by atoms with Crippen LogP contribution in [-0.4, -0.2) is 11.0 Å². The Bertz CT molecular complexity index is 1390. The number of nitrogens with one attached hydrogen (secondary N) is 2. The fourth-order valence-corrected chi connectivity index (χ4v) is 4.25. The molecule has 0 atom stereocenters. The predicted molar refractivity (Wildman–Crippen MR) is 137 cm³/mol. The number of rotatable bonds is 4. The number of carbonyl (C=O) groups excluding carboxylic acids is 1. The lowest BCUT2D eigenvalue weighted by molar-refractivity contribution is -0.115. The standard InChI is InChI=1S/C27H19ClN2O2S/c28-20-7-5-17(6-8-20)25-13-10-22(32-25)11-14-26(31)30-27(33)29-21-9-12-24-19(16-21)15-18-3-1-2-4-23(18)24/h1-14,16H,15H2,(H2,29,30,31,33). The number of amides is 1. The second-order valence-corrected chi connectivity index (χ2v) is 8.54. The van der Waals surface area contributed by atoms with Gasteiger partial charge in [0.2, 0.25) is 5.91 Å². The molecular weight excluding hydrogens is 452 g/mol. The lowest BCUT2D eigenvalue weighted by atomic mass is 10.1. The maximum Gasteiger partial charge on any atom is 0.250 e. The van der Waals surface area contributed by atoms with Crippen LogP contribution in [0.25, 0.3) is 28.5 Å². The van der Waals surface area contributed by atoms with Gasteiger partial charge in [-0.2, -0.15) is 0 Å². The van der Waals surface area contributed by atoms with Gasteiger partial charge in [0.05, 0.1) is 0 Å². The van der Waals surface area contributed by atoms with Gasteiger partial charge < -0.3 is 9.73 Å². The van der Waals surface area contributed by atoms with Crippen molar-refractivity contribution in [3.05, 3.63) is 107 Å². The summed E-state index contributed by atoms with van der Waals surface area (Å²) in [6.45, 7) is 0. The van der Waals surface area contributed by atoms with Crippen LogP contribution in [0, 0.1) is 0 Å². The quantitative estimate of drug-likeness (QED) is 0.227. The molecule has 0 saturated carbocycles. The minimum absolute atomic E-state index is 0.237. The maximum atomic E-state index is 12.3. The summed E-state index contributed by atoms with van der Waals surface area (Å²) in [5.41, 5.74) is 6.83. The molecule has 0 aliphatic heterocycles. The number of hydrogen-bond acceptors (Lipinski definition) is 3. The second kappa shape index (κ2) is 9.06. The summed E-state index contributed by atoms with van der Waals surface area (Å²) >= 11 is 11.2. The molecular formula is C27H19ClN2O2S. The summed E-state index contributed by atoms with van der Waals surface area (Å²) in [7, 11) is 0. The van der Waals surface area contributed by atoms with Gasteiger partial charge in [0.25, 0.3) is 0 Å². The molecule has 2 N–H and O–H groups in total. The van der Waals surface area contributed by atoms with Crippen LogP contribution in [0.2, 0.25) is 5.02 Å². The Morgan fingerprint density at radius 3 is 2.58 bits per heavy atom. The van der Waals surface area contributed by atoms with Crippen LogP contribution in [-0.2, 0) is 11.2 Å². The Morgan fingerprint density at radius 1 is 0.939 bits per heavy atom. The van der Waals surface area contributed by atoms with Crippen molar-refractivity contribution in [2.24, 2.45) is 0 Å². The lowest BCUT2D eigenvalue weighted by Crippen LogP contribution is -2.32. The van der Waals surface area contributed by atoms with Crippen molar-refractivity contribution in [2.75, 3.05) is 5.32 Å². The van der Waals surface area contributed by atoms with Gasteiger partial charge in [-0.1, -0.05) is 41.9 Å². The van der Waals surface area contributed by atoms with Gasteiger partial charge >= 0.3 is 0 Å². The normalized spacial score (nSPS) is 11.8. The molecule has 1 amide bonds.